The molecule has 0 aliphatic carbocycles. The number of anilines is 1. The first-order valence-corrected chi connectivity index (χ1v) is 12.1. The summed E-state index contributed by atoms with van der Waals surface area (Å²) in [4.78, 5) is 27.3. The predicted octanol–water partition coefficient (Wildman–Crippen LogP) is 2.70. The Kier molecular flexibility index (Phi) is 8.62. The van der Waals surface area contributed by atoms with E-state index in [1.165, 1.54) is 4.90 Å². The third-order valence-electron chi connectivity index (χ3n) is 4.91. The molecule has 0 unspecified atom stereocenters. The minimum Gasteiger partial charge on any atom is -0.354 e. The Morgan fingerprint density at radius 1 is 1.03 bits per heavy atom. The zero-order chi connectivity index (χ0) is 23.0. The molecule has 0 saturated heterocycles. The summed E-state index contributed by atoms with van der Waals surface area (Å²) in [5, 5.41) is 2.81. The summed E-state index contributed by atoms with van der Waals surface area (Å²) in [6, 6.07) is 15.5. The van der Waals surface area contributed by atoms with Gasteiger partial charge in [0.05, 0.1) is 11.9 Å². The lowest BCUT2D eigenvalue weighted by atomic mass is 10.1. The molecule has 8 heteroatoms. The molecule has 0 fully saturated rings. The number of hydrogen-bond donors (Lipinski definition) is 1. The van der Waals surface area contributed by atoms with E-state index in [2.05, 4.69) is 5.32 Å². The molecule has 0 aliphatic heterocycles. The second-order valence-corrected chi connectivity index (χ2v) is 9.49. The molecule has 0 spiro atoms. The Bertz CT molecular complexity index is 976. The van der Waals surface area contributed by atoms with Gasteiger partial charge in [-0.1, -0.05) is 55.0 Å². The maximum Gasteiger partial charge on any atom is 0.244 e. The van der Waals surface area contributed by atoms with Crippen LogP contribution in [0.4, 0.5) is 5.69 Å². The maximum atomic E-state index is 13.3. The smallest absolute Gasteiger partial charge is 0.244 e. The highest BCUT2D eigenvalue weighted by Crippen LogP contribution is 2.19. The van der Waals surface area contributed by atoms with Crippen molar-refractivity contribution in [1.29, 1.82) is 0 Å². The van der Waals surface area contributed by atoms with Crippen LogP contribution >= 0.6 is 0 Å². The maximum absolute atomic E-state index is 13.3. The van der Waals surface area contributed by atoms with Crippen molar-refractivity contribution in [3.8, 4) is 0 Å². The van der Waals surface area contributed by atoms with E-state index in [9.17, 15) is 18.0 Å². The minimum absolute atomic E-state index is 0.200. The molecule has 0 radical (unpaired) electrons. The standard InChI is InChI=1S/C23H31N3O4S/c1-5-15-24-23(28)19(3)25(16-20-9-7-6-8-10-20)22(27)17-26(31(4,29)30)21-13-11-18(2)12-14-21/h6-14,19H,5,15-17H2,1-4H3,(H,24,28)/t19-/m0/s1. The van der Waals surface area contributed by atoms with Crippen LogP contribution in [0.25, 0.3) is 0 Å². The third-order valence-corrected chi connectivity index (χ3v) is 6.05. The highest BCUT2D eigenvalue weighted by atomic mass is 32.2. The lowest BCUT2D eigenvalue weighted by Gasteiger charge is -2.31. The molecule has 2 aromatic rings. The molecule has 0 bridgehead atoms. The minimum atomic E-state index is -3.71. The van der Waals surface area contributed by atoms with E-state index >= 15 is 0 Å². The lowest BCUT2D eigenvalue weighted by Crippen LogP contribution is -2.51. The van der Waals surface area contributed by atoms with Gasteiger partial charge in [0.2, 0.25) is 21.8 Å². The Morgan fingerprint density at radius 2 is 1.65 bits per heavy atom. The van der Waals surface area contributed by atoms with Crippen LogP contribution in [0.1, 0.15) is 31.4 Å². The largest absolute Gasteiger partial charge is 0.354 e. The molecule has 1 N–H and O–H groups in total. The van der Waals surface area contributed by atoms with Gasteiger partial charge in [-0.2, -0.15) is 0 Å². The number of rotatable bonds is 10. The van der Waals surface area contributed by atoms with Crippen molar-refractivity contribution in [2.75, 3.05) is 23.7 Å². The summed E-state index contributed by atoms with van der Waals surface area (Å²) in [6.45, 7) is 5.82. The first kappa shape index (κ1) is 24.4. The molecule has 0 aromatic heterocycles. The molecule has 7 nitrogen and oxygen atoms in total. The van der Waals surface area contributed by atoms with Gasteiger partial charge in [-0.05, 0) is 38.0 Å². The monoisotopic (exact) mass is 445 g/mol. The Morgan fingerprint density at radius 3 is 2.19 bits per heavy atom. The van der Waals surface area contributed by atoms with Crippen molar-refractivity contribution >= 4 is 27.5 Å². The van der Waals surface area contributed by atoms with Crippen molar-refractivity contribution < 1.29 is 18.0 Å². The number of nitrogens with zero attached hydrogens (tertiary/aromatic N) is 2. The van der Waals surface area contributed by atoms with E-state index in [-0.39, 0.29) is 19.0 Å². The van der Waals surface area contributed by atoms with Crippen LogP contribution in [0, 0.1) is 6.92 Å². The van der Waals surface area contributed by atoms with Gasteiger partial charge >= 0.3 is 0 Å². The van der Waals surface area contributed by atoms with Crippen molar-refractivity contribution in [2.45, 2.75) is 39.8 Å². The van der Waals surface area contributed by atoms with Crippen molar-refractivity contribution in [3.05, 3.63) is 65.7 Å². The van der Waals surface area contributed by atoms with E-state index in [0.29, 0.717) is 12.2 Å². The Labute approximate surface area is 185 Å². The zero-order valence-corrected chi connectivity index (χ0v) is 19.4. The van der Waals surface area contributed by atoms with Crippen LogP contribution < -0.4 is 9.62 Å². The number of hydrogen-bond acceptors (Lipinski definition) is 4. The highest BCUT2D eigenvalue weighted by Gasteiger charge is 2.29. The SMILES string of the molecule is CCCNC(=O)[C@H](C)N(Cc1ccccc1)C(=O)CN(c1ccc(C)cc1)S(C)(=O)=O. The second kappa shape index (κ2) is 10.9. The molecule has 2 rings (SSSR count). The molecular formula is C23H31N3O4S. The lowest BCUT2D eigenvalue weighted by molar-refractivity contribution is -0.139. The van der Waals surface area contributed by atoms with Crippen LogP contribution in [0.2, 0.25) is 0 Å². The fourth-order valence-corrected chi connectivity index (χ4v) is 3.93. The van der Waals surface area contributed by atoms with E-state index < -0.39 is 22.0 Å². The quantitative estimate of drug-likeness (QED) is 0.609. The number of carbonyl (C=O) groups excluding carboxylic acids is 2. The molecule has 168 valence electrons. The number of nitrogens with one attached hydrogen (secondary N) is 1. The summed E-state index contributed by atoms with van der Waals surface area (Å²) in [6.07, 6.45) is 1.85. The molecule has 2 amide bonds. The predicted molar refractivity (Wildman–Crippen MR) is 123 cm³/mol. The van der Waals surface area contributed by atoms with Gasteiger partial charge in [-0.25, -0.2) is 8.42 Å². The molecular weight excluding hydrogens is 414 g/mol. The number of aryl methyl sites for hydroxylation is 1. The highest BCUT2D eigenvalue weighted by molar-refractivity contribution is 7.92. The Hall–Kier alpha value is -2.87. The van der Waals surface area contributed by atoms with Crippen LogP contribution in [-0.4, -0.2) is 50.5 Å². The number of carbonyl (C=O) groups is 2. The van der Waals surface area contributed by atoms with Crippen LogP contribution in [0.5, 0.6) is 0 Å². The summed E-state index contributed by atoms with van der Waals surface area (Å²) < 4.78 is 26.0. The first-order valence-electron chi connectivity index (χ1n) is 10.3. The topological polar surface area (TPSA) is 86.8 Å². The van der Waals surface area contributed by atoms with Crippen LogP contribution in [-0.2, 0) is 26.2 Å². The van der Waals surface area contributed by atoms with Gasteiger partial charge in [0, 0.05) is 13.1 Å². The molecule has 31 heavy (non-hydrogen) atoms. The third kappa shape index (κ3) is 7.10. The second-order valence-electron chi connectivity index (χ2n) is 7.58. The van der Waals surface area contributed by atoms with Gasteiger partial charge in [0.15, 0.2) is 0 Å². The molecule has 1 atom stereocenters. The summed E-state index contributed by atoms with van der Waals surface area (Å²) >= 11 is 0. The van der Waals surface area contributed by atoms with E-state index in [4.69, 9.17) is 0 Å². The van der Waals surface area contributed by atoms with E-state index in [1.807, 2.05) is 44.2 Å². The van der Waals surface area contributed by atoms with Gasteiger partial charge in [-0.15, -0.1) is 0 Å². The van der Waals surface area contributed by atoms with Crippen LogP contribution in [0.15, 0.2) is 54.6 Å². The van der Waals surface area contributed by atoms with E-state index in [0.717, 1.165) is 28.1 Å². The van der Waals surface area contributed by atoms with E-state index in [1.54, 1.807) is 31.2 Å². The molecule has 0 saturated carbocycles. The number of benzene rings is 2. The molecule has 0 aliphatic rings. The number of sulfonamides is 1. The first-order chi connectivity index (χ1) is 14.6. The zero-order valence-electron chi connectivity index (χ0n) is 18.5. The van der Waals surface area contributed by atoms with Gasteiger partial charge < -0.3 is 10.2 Å². The van der Waals surface area contributed by atoms with Gasteiger partial charge in [-0.3, -0.25) is 13.9 Å². The molecule has 2 aromatic carbocycles. The molecule has 0 heterocycles. The summed E-state index contributed by atoms with van der Waals surface area (Å²) in [7, 11) is -3.71. The average Bonchev–Trinajstić information content (AvgIpc) is 2.74. The fraction of sp³-hybridized carbons (Fsp3) is 0.391. The normalized spacial score (nSPS) is 12.1. The fourth-order valence-electron chi connectivity index (χ4n) is 3.08. The Balaban J connectivity index is 2.32. The van der Waals surface area contributed by atoms with Crippen molar-refractivity contribution in [3.63, 3.8) is 0 Å². The summed E-state index contributed by atoms with van der Waals surface area (Å²) in [5.74, 6) is -0.721. The number of amides is 2. The van der Waals surface area contributed by atoms with Crippen LogP contribution in [0.3, 0.4) is 0 Å². The van der Waals surface area contributed by atoms with Crippen molar-refractivity contribution in [2.24, 2.45) is 0 Å². The van der Waals surface area contributed by atoms with Gasteiger partial charge in [0.25, 0.3) is 0 Å². The average molecular weight is 446 g/mol. The van der Waals surface area contributed by atoms with Crippen molar-refractivity contribution in [1.82, 2.24) is 10.2 Å². The van der Waals surface area contributed by atoms with Gasteiger partial charge in [0.1, 0.15) is 12.6 Å². The summed E-state index contributed by atoms with van der Waals surface area (Å²) in [5.41, 5.74) is 2.24.